The Bertz CT molecular complexity index is 1080. The lowest BCUT2D eigenvalue weighted by molar-refractivity contribution is -0.116. The summed E-state index contributed by atoms with van der Waals surface area (Å²) in [4.78, 5) is 26.6. The highest BCUT2D eigenvalue weighted by molar-refractivity contribution is 7.92. The zero-order valence-corrected chi connectivity index (χ0v) is 19.6. The zero-order chi connectivity index (χ0) is 22.8. The van der Waals surface area contributed by atoms with Crippen LogP contribution >= 0.6 is 11.3 Å². The number of hydrogen-bond acceptors (Lipinski definition) is 7. The standard InChI is InChI=1S/C21H26N2O6S2/c1-13(23(31(4,26)27)14-9-11-15(28-2)12-10-14)19(24)22-20-18(21(25)29-3)16-7-5-6-8-17(16)30-20/h9-13H,5-8H2,1-4H3,(H,22,24). The molecule has 1 aromatic heterocycles. The molecule has 1 amide bonds. The molecule has 168 valence electrons. The number of methoxy groups -OCH3 is 2. The third-order valence-corrected chi connectivity index (χ3v) is 7.66. The number of carbonyl (C=O) groups excluding carboxylic acids is 2. The number of anilines is 2. The van der Waals surface area contributed by atoms with E-state index < -0.39 is 27.9 Å². The fraction of sp³-hybridized carbons (Fsp3) is 0.429. The molecule has 1 atom stereocenters. The average Bonchev–Trinajstić information content (AvgIpc) is 3.10. The van der Waals surface area contributed by atoms with E-state index in [1.807, 2.05) is 0 Å². The van der Waals surface area contributed by atoms with Crippen molar-refractivity contribution >= 4 is 43.9 Å². The van der Waals surface area contributed by atoms with Gasteiger partial charge in [-0.05, 0) is 62.4 Å². The van der Waals surface area contributed by atoms with Gasteiger partial charge in [-0.3, -0.25) is 9.10 Å². The first-order valence-corrected chi connectivity index (χ1v) is 12.5. The van der Waals surface area contributed by atoms with Crippen LogP contribution in [0.25, 0.3) is 0 Å². The molecule has 0 fully saturated rings. The molecule has 1 aromatic carbocycles. The number of sulfonamides is 1. The van der Waals surface area contributed by atoms with Gasteiger partial charge < -0.3 is 14.8 Å². The zero-order valence-electron chi connectivity index (χ0n) is 17.9. The minimum absolute atomic E-state index is 0.338. The van der Waals surface area contributed by atoms with Crippen molar-refractivity contribution in [3.8, 4) is 5.75 Å². The minimum Gasteiger partial charge on any atom is -0.497 e. The second-order valence-electron chi connectivity index (χ2n) is 7.33. The third kappa shape index (κ3) is 4.85. The van der Waals surface area contributed by atoms with Crippen molar-refractivity contribution in [2.45, 2.75) is 38.6 Å². The lowest BCUT2D eigenvalue weighted by atomic mass is 9.95. The van der Waals surface area contributed by atoms with Crippen molar-refractivity contribution in [3.63, 3.8) is 0 Å². The molecule has 1 unspecified atom stereocenters. The number of hydrogen-bond donors (Lipinski definition) is 1. The van der Waals surface area contributed by atoms with Crippen LogP contribution in [0.2, 0.25) is 0 Å². The van der Waals surface area contributed by atoms with E-state index in [0.29, 0.717) is 22.0 Å². The van der Waals surface area contributed by atoms with Gasteiger partial charge in [-0.1, -0.05) is 0 Å². The Labute approximate surface area is 186 Å². The topological polar surface area (TPSA) is 102 Å². The number of carbonyl (C=O) groups is 2. The molecule has 0 saturated carbocycles. The highest BCUT2D eigenvalue weighted by atomic mass is 32.2. The van der Waals surface area contributed by atoms with E-state index in [1.54, 1.807) is 24.3 Å². The largest absolute Gasteiger partial charge is 0.497 e. The number of nitrogens with zero attached hydrogens (tertiary/aromatic N) is 1. The molecule has 1 aliphatic rings. The Morgan fingerprint density at radius 2 is 1.77 bits per heavy atom. The van der Waals surface area contributed by atoms with Gasteiger partial charge in [0.25, 0.3) is 0 Å². The van der Waals surface area contributed by atoms with Crippen LogP contribution in [0.15, 0.2) is 24.3 Å². The summed E-state index contributed by atoms with van der Waals surface area (Å²) in [6, 6.07) is 5.36. The van der Waals surface area contributed by atoms with E-state index in [1.165, 1.54) is 32.5 Å². The lowest BCUT2D eigenvalue weighted by Gasteiger charge is -2.28. The van der Waals surface area contributed by atoms with Crippen LogP contribution in [0.1, 0.15) is 40.6 Å². The summed E-state index contributed by atoms with van der Waals surface area (Å²) < 4.78 is 36.1. The number of thiophene rings is 1. The number of esters is 1. The van der Waals surface area contributed by atoms with Gasteiger partial charge >= 0.3 is 5.97 Å². The van der Waals surface area contributed by atoms with Crippen LogP contribution in [0.3, 0.4) is 0 Å². The molecule has 0 radical (unpaired) electrons. The van der Waals surface area contributed by atoms with Crippen molar-refractivity contribution in [2.75, 3.05) is 30.1 Å². The number of aryl methyl sites for hydroxylation is 1. The van der Waals surface area contributed by atoms with E-state index in [-0.39, 0.29) is 0 Å². The Hall–Kier alpha value is -2.59. The average molecular weight is 467 g/mol. The SMILES string of the molecule is COC(=O)c1c(NC(=O)C(C)N(c2ccc(OC)cc2)S(C)(=O)=O)sc2c1CCCC2. The van der Waals surface area contributed by atoms with Gasteiger partial charge in [0.05, 0.1) is 31.7 Å². The van der Waals surface area contributed by atoms with Gasteiger partial charge in [0, 0.05) is 4.88 Å². The van der Waals surface area contributed by atoms with Gasteiger partial charge in [0.15, 0.2) is 0 Å². The Kier molecular flexibility index (Phi) is 6.90. The highest BCUT2D eigenvalue weighted by Crippen LogP contribution is 2.38. The van der Waals surface area contributed by atoms with Crippen LogP contribution in [0.4, 0.5) is 10.7 Å². The van der Waals surface area contributed by atoms with E-state index in [0.717, 1.165) is 46.7 Å². The van der Waals surface area contributed by atoms with E-state index in [4.69, 9.17) is 9.47 Å². The Balaban J connectivity index is 1.92. The molecule has 1 aliphatic carbocycles. The maximum absolute atomic E-state index is 13.1. The molecule has 0 bridgehead atoms. The number of benzene rings is 1. The highest BCUT2D eigenvalue weighted by Gasteiger charge is 2.32. The quantitative estimate of drug-likeness (QED) is 0.629. The van der Waals surface area contributed by atoms with Gasteiger partial charge in [-0.15, -0.1) is 11.3 Å². The van der Waals surface area contributed by atoms with Crippen LogP contribution in [0.5, 0.6) is 5.75 Å². The molecule has 0 saturated heterocycles. The Morgan fingerprint density at radius 3 is 2.35 bits per heavy atom. The van der Waals surface area contributed by atoms with Gasteiger partial charge in [-0.2, -0.15) is 0 Å². The predicted molar refractivity (Wildman–Crippen MR) is 121 cm³/mol. The molecular formula is C21H26N2O6S2. The van der Waals surface area contributed by atoms with Crippen LogP contribution in [-0.4, -0.2) is 46.8 Å². The monoisotopic (exact) mass is 466 g/mol. The molecule has 1 heterocycles. The molecular weight excluding hydrogens is 440 g/mol. The van der Waals surface area contributed by atoms with E-state index in [2.05, 4.69) is 5.32 Å². The third-order valence-electron chi connectivity index (χ3n) is 5.21. The molecule has 0 aliphatic heterocycles. The first-order chi connectivity index (χ1) is 14.7. The smallest absolute Gasteiger partial charge is 0.341 e. The summed E-state index contributed by atoms with van der Waals surface area (Å²) >= 11 is 1.35. The van der Waals surface area contributed by atoms with Crippen molar-refractivity contribution in [1.29, 1.82) is 0 Å². The number of ether oxygens (including phenoxy) is 2. The van der Waals surface area contributed by atoms with Crippen molar-refractivity contribution in [3.05, 3.63) is 40.3 Å². The summed E-state index contributed by atoms with van der Waals surface area (Å²) in [5.74, 6) is -0.469. The molecule has 2 aromatic rings. The normalized spacial score (nSPS) is 14.3. The summed E-state index contributed by atoms with van der Waals surface area (Å²) in [6.45, 7) is 1.51. The maximum Gasteiger partial charge on any atom is 0.341 e. The van der Waals surface area contributed by atoms with Crippen molar-refractivity contribution in [1.82, 2.24) is 0 Å². The summed E-state index contributed by atoms with van der Waals surface area (Å²) in [5.41, 5.74) is 1.63. The lowest BCUT2D eigenvalue weighted by Crippen LogP contribution is -2.45. The van der Waals surface area contributed by atoms with Gasteiger partial charge in [0.1, 0.15) is 16.8 Å². The predicted octanol–water partition coefficient (Wildman–Crippen LogP) is 3.22. The second kappa shape index (κ2) is 9.27. The maximum atomic E-state index is 13.1. The van der Waals surface area contributed by atoms with Gasteiger partial charge in [0.2, 0.25) is 15.9 Å². The van der Waals surface area contributed by atoms with E-state index >= 15 is 0 Å². The molecule has 8 nitrogen and oxygen atoms in total. The molecule has 3 rings (SSSR count). The fourth-order valence-electron chi connectivity index (χ4n) is 3.73. The minimum atomic E-state index is -3.76. The van der Waals surface area contributed by atoms with E-state index in [9.17, 15) is 18.0 Å². The van der Waals surface area contributed by atoms with Crippen molar-refractivity contribution in [2.24, 2.45) is 0 Å². The molecule has 10 heteroatoms. The summed E-state index contributed by atoms with van der Waals surface area (Å²) in [6.07, 6.45) is 4.64. The van der Waals surface area contributed by atoms with Crippen molar-refractivity contribution < 1.29 is 27.5 Å². The van der Waals surface area contributed by atoms with Crippen LogP contribution < -0.4 is 14.4 Å². The molecule has 0 spiro atoms. The fourth-order valence-corrected chi connectivity index (χ4v) is 6.18. The first-order valence-electron chi connectivity index (χ1n) is 9.84. The Morgan fingerprint density at radius 1 is 1.13 bits per heavy atom. The number of fused-ring (bicyclic) bond motifs is 1. The van der Waals surface area contributed by atoms with Gasteiger partial charge in [-0.25, -0.2) is 13.2 Å². The number of rotatable bonds is 7. The first kappa shape index (κ1) is 23.1. The van der Waals surface area contributed by atoms with Crippen LogP contribution in [0, 0.1) is 0 Å². The second-order valence-corrected chi connectivity index (χ2v) is 10.3. The molecule has 31 heavy (non-hydrogen) atoms. The summed E-state index contributed by atoms with van der Waals surface area (Å²) in [5, 5.41) is 3.18. The van der Waals surface area contributed by atoms with Crippen LogP contribution in [-0.2, 0) is 32.4 Å². The number of amides is 1. The molecule has 1 N–H and O–H groups in total. The summed E-state index contributed by atoms with van der Waals surface area (Å²) in [7, 11) is -0.947. The number of nitrogens with one attached hydrogen (secondary N) is 1.